The molecule has 1 aromatic heterocycles. The highest BCUT2D eigenvalue weighted by atomic mass is 16.5. The molecule has 4 nitrogen and oxygen atoms in total. The van der Waals surface area contributed by atoms with Gasteiger partial charge in [-0.25, -0.2) is 4.98 Å². The molecule has 2 N–H and O–H groups in total. The number of nitrogens with two attached hydrogens (primary N) is 1. The Morgan fingerprint density at radius 2 is 1.95 bits per heavy atom. The van der Waals surface area contributed by atoms with Crippen LogP contribution in [0.4, 0.5) is 0 Å². The first kappa shape index (κ1) is 14.4. The number of ether oxygens (including phenoxy) is 1. The highest BCUT2D eigenvalue weighted by Gasteiger charge is 2.35. The van der Waals surface area contributed by atoms with Gasteiger partial charge < -0.3 is 15.0 Å². The fourth-order valence-electron chi connectivity index (χ4n) is 3.71. The van der Waals surface area contributed by atoms with Crippen LogP contribution >= 0.6 is 0 Å². The summed E-state index contributed by atoms with van der Waals surface area (Å²) in [4.78, 5) is 4.93. The van der Waals surface area contributed by atoms with E-state index in [0.717, 1.165) is 35.4 Å². The average Bonchev–Trinajstić information content (AvgIpc) is 2.71. The number of aromatic nitrogens is 2. The molecule has 0 saturated heterocycles. The summed E-state index contributed by atoms with van der Waals surface area (Å²) in [6.07, 6.45) is 7.45. The van der Waals surface area contributed by atoms with E-state index in [4.69, 9.17) is 15.5 Å². The van der Waals surface area contributed by atoms with E-state index in [0.29, 0.717) is 6.54 Å². The molecular weight excluding hydrogens is 262 g/mol. The maximum absolute atomic E-state index is 6.21. The Bertz CT molecular complexity index is 624. The molecule has 0 amide bonds. The minimum Gasteiger partial charge on any atom is -0.497 e. The second-order valence-electron chi connectivity index (χ2n) is 6.25. The summed E-state index contributed by atoms with van der Waals surface area (Å²) in [6.45, 7) is 0.682. The molecule has 1 fully saturated rings. The van der Waals surface area contributed by atoms with Crippen LogP contribution in [-0.4, -0.2) is 23.2 Å². The largest absolute Gasteiger partial charge is 0.497 e. The van der Waals surface area contributed by atoms with Gasteiger partial charge in [0.2, 0.25) is 0 Å². The molecule has 0 atom stereocenters. The summed E-state index contributed by atoms with van der Waals surface area (Å²) < 4.78 is 7.54. The van der Waals surface area contributed by atoms with Crippen LogP contribution in [0.2, 0.25) is 0 Å². The zero-order valence-electron chi connectivity index (χ0n) is 13.1. The van der Waals surface area contributed by atoms with Gasteiger partial charge in [-0.3, -0.25) is 0 Å². The predicted molar refractivity (Wildman–Crippen MR) is 85.7 cm³/mol. The van der Waals surface area contributed by atoms with Crippen LogP contribution in [0, 0.1) is 0 Å². The average molecular weight is 287 g/mol. The predicted octanol–water partition coefficient (Wildman–Crippen LogP) is 3.13. The molecule has 0 aliphatic heterocycles. The van der Waals surface area contributed by atoms with E-state index in [2.05, 4.69) is 17.7 Å². The number of rotatable bonds is 3. The van der Waals surface area contributed by atoms with Gasteiger partial charge in [-0.2, -0.15) is 0 Å². The third-order valence-corrected chi connectivity index (χ3v) is 5.01. The maximum atomic E-state index is 6.21. The summed E-state index contributed by atoms with van der Waals surface area (Å²) >= 11 is 0. The van der Waals surface area contributed by atoms with Gasteiger partial charge in [0.05, 0.1) is 18.1 Å². The fourth-order valence-corrected chi connectivity index (χ4v) is 3.71. The van der Waals surface area contributed by atoms with Crippen molar-refractivity contribution in [3.05, 3.63) is 24.0 Å². The van der Waals surface area contributed by atoms with Crippen molar-refractivity contribution in [1.29, 1.82) is 0 Å². The molecule has 114 valence electrons. The lowest BCUT2D eigenvalue weighted by atomic mass is 9.79. The molecule has 1 aliphatic rings. The van der Waals surface area contributed by atoms with Gasteiger partial charge >= 0.3 is 0 Å². The van der Waals surface area contributed by atoms with Crippen LogP contribution in [0.1, 0.15) is 44.3 Å². The summed E-state index contributed by atoms with van der Waals surface area (Å²) in [6, 6.07) is 6.10. The smallest absolute Gasteiger partial charge is 0.121 e. The Hall–Kier alpha value is -1.55. The molecular formula is C17H25N3O. The number of methoxy groups -OCH3 is 1. The van der Waals surface area contributed by atoms with Gasteiger partial charge in [0.25, 0.3) is 0 Å². The van der Waals surface area contributed by atoms with Crippen LogP contribution in [0.15, 0.2) is 18.2 Å². The quantitative estimate of drug-likeness (QED) is 0.882. The van der Waals surface area contributed by atoms with Gasteiger partial charge in [0, 0.05) is 25.1 Å². The molecule has 0 spiro atoms. The van der Waals surface area contributed by atoms with Crippen molar-refractivity contribution in [2.75, 3.05) is 13.7 Å². The second kappa shape index (κ2) is 5.68. The minimum atomic E-state index is 0.0392. The Kier molecular flexibility index (Phi) is 3.89. The number of aryl methyl sites for hydroxylation is 1. The fraction of sp³-hybridized carbons (Fsp3) is 0.588. The Balaban J connectivity index is 2.11. The Morgan fingerprint density at radius 1 is 1.24 bits per heavy atom. The summed E-state index contributed by atoms with van der Waals surface area (Å²) in [5.41, 5.74) is 8.41. The molecule has 0 bridgehead atoms. The Morgan fingerprint density at radius 3 is 2.57 bits per heavy atom. The molecule has 1 aliphatic carbocycles. The molecule has 1 heterocycles. The van der Waals surface area contributed by atoms with Crippen LogP contribution < -0.4 is 10.5 Å². The standard InChI is InChI=1S/C17H25N3O/c1-20-15-8-7-13(21-2)11-14(15)19-16(20)17(12-18)9-5-3-4-6-10-17/h7-8,11H,3-6,9-10,12,18H2,1-2H3. The van der Waals surface area contributed by atoms with E-state index in [9.17, 15) is 0 Å². The SMILES string of the molecule is COc1ccc2c(c1)nc(C1(CN)CCCCCC1)n2C. The first-order valence-electron chi connectivity index (χ1n) is 7.91. The molecule has 0 unspecified atom stereocenters. The van der Waals surface area contributed by atoms with Gasteiger partial charge in [-0.15, -0.1) is 0 Å². The molecule has 3 rings (SSSR count). The lowest BCUT2D eigenvalue weighted by Gasteiger charge is -2.30. The van der Waals surface area contributed by atoms with E-state index in [-0.39, 0.29) is 5.41 Å². The minimum absolute atomic E-state index is 0.0392. The van der Waals surface area contributed by atoms with E-state index < -0.39 is 0 Å². The normalized spacial score (nSPS) is 18.6. The number of fused-ring (bicyclic) bond motifs is 1. The van der Waals surface area contributed by atoms with E-state index >= 15 is 0 Å². The number of hydrogen-bond acceptors (Lipinski definition) is 3. The van der Waals surface area contributed by atoms with Crippen LogP contribution in [-0.2, 0) is 12.5 Å². The van der Waals surface area contributed by atoms with Crippen molar-refractivity contribution >= 4 is 11.0 Å². The third kappa shape index (κ3) is 2.42. The first-order valence-corrected chi connectivity index (χ1v) is 7.91. The topological polar surface area (TPSA) is 53.1 Å². The summed E-state index contributed by atoms with van der Waals surface area (Å²) in [7, 11) is 3.80. The highest BCUT2D eigenvalue weighted by Crippen LogP contribution is 2.38. The molecule has 0 radical (unpaired) electrons. The second-order valence-corrected chi connectivity index (χ2v) is 6.25. The summed E-state index contributed by atoms with van der Waals surface area (Å²) in [5.74, 6) is 2.00. The van der Waals surface area contributed by atoms with Crippen LogP contribution in [0.25, 0.3) is 11.0 Å². The molecule has 1 aromatic carbocycles. The van der Waals surface area contributed by atoms with Crippen molar-refractivity contribution in [1.82, 2.24) is 9.55 Å². The molecule has 1 saturated carbocycles. The molecule has 2 aromatic rings. The number of imidazole rings is 1. The highest BCUT2D eigenvalue weighted by molar-refractivity contribution is 5.78. The number of nitrogens with zero attached hydrogens (tertiary/aromatic N) is 2. The van der Waals surface area contributed by atoms with Gasteiger partial charge in [0.15, 0.2) is 0 Å². The number of benzene rings is 1. The Labute approximate surface area is 126 Å². The van der Waals surface area contributed by atoms with Crippen LogP contribution in [0.3, 0.4) is 0 Å². The monoisotopic (exact) mass is 287 g/mol. The van der Waals surface area contributed by atoms with E-state index in [1.807, 2.05) is 12.1 Å². The lowest BCUT2D eigenvalue weighted by Crippen LogP contribution is -2.37. The van der Waals surface area contributed by atoms with E-state index in [1.54, 1.807) is 7.11 Å². The van der Waals surface area contributed by atoms with Crippen molar-refractivity contribution < 1.29 is 4.74 Å². The zero-order chi connectivity index (χ0) is 14.9. The maximum Gasteiger partial charge on any atom is 0.121 e. The van der Waals surface area contributed by atoms with Crippen molar-refractivity contribution in [3.63, 3.8) is 0 Å². The van der Waals surface area contributed by atoms with Gasteiger partial charge in [-0.1, -0.05) is 25.7 Å². The van der Waals surface area contributed by atoms with Gasteiger partial charge in [0.1, 0.15) is 11.6 Å². The van der Waals surface area contributed by atoms with Crippen LogP contribution in [0.5, 0.6) is 5.75 Å². The summed E-state index contributed by atoms with van der Waals surface area (Å²) in [5, 5.41) is 0. The van der Waals surface area contributed by atoms with E-state index in [1.165, 1.54) is 25.7 Å². The first-order chi connectivity index (χ1) is 10.2. The zero-order valence-corrected chi connectivity index (χ0v) is 13.1. The third-order valence-electron chi connectivity index (χ3n) is 5.01. The van der Waals surface area contributed by atoms with Crippen molar-refractivity contribution in [3.8, 4) is 5.75 Å². The number of hydrogen-bond donors (Lipinski definition) is 1. The molecule has 21 heavy (non-hydrogen) atoms. The van der Waals surface area contributed by atoms with Crippen molar-refractivity contribution in [2.24, 2.45) is 12.8 Å². The lowest BCUT2D eigenvalue weighted by molar-refractivity contribution is 0.351. The van der Waals surface area contributed by atoms with Crippen molar-refractivity contribution in [2.45, 2.75) is 43.9 Å². The van der Waals surface area contributed by atoms with Gasteiger partial charge in [-0.05, 0) is 25.0 Å². The molecule has 4 heteroatoms.